The van der Waals surface area contributed by atoms with Gasteiger partial charge in [-0.1, -0.05) is 0 Å². The van der Waals surface area contributed by atoms with Crippen LogP contribution in [0.25, 0.3) is 0 Å². The number of hydrogen-bond donors (Lipinski definition) is 1. The summed E-state index contributed by atoms with van der Waals surface area (Å²) in [6.07, 6.45) is -16.2. The summed E-state index contributed by atoms with van der Waals surface area (Å²) in [6, 6.07) is 0. The lowest BCUT2D eigenvalue weighted by atomic mass is 9.96. The highest BCUT2D eigenvalue weighted by atomic mass is 16.8. The van der Waals surface area contributed by atoms with Gasteiger partial charge in [0.15, 0.2) is 43.1 Å². The second kappa shape index (κ2) is 19.7. The van der Waals surface area contributed by atoms with Crippen molar-refractivity contribution in [2.45, 2.75) is 123 Å². The topological polar surface area (TPSA) is 258 Å². The van der Waals surface area contributed by atoms with Gasteiger partial charge in [0.25, 0.3) is 0 Å². The van der Waals surface area contributed by atoms with E-state index in [4.69, 9.17) is 57.2 Å². The minimum Gasteiger partial charge on any atom is -0.481 e. The second-order valence-corrected chi connectivity index (χ2v) is 11.0. The number of carboxylic acid groups (broad SMARTS) is 1. The fourth-order valence-corrected chi connectivity index (χ4v) is 5.03. The Labute approximate surface area is 286 Å². The van der Waals surface area contributed by atoms with E-state index in [2.05, 4.69) is 0 Å². The molecule has 2 aliphatic rings. The summed E-state index contributed by atoms with van der Waals surface area (Å²) in [5.41, 5.74) is 0. The summed E-state index contributed by atoms with van der Waals surface area (Å²) >= 11 is 0. The molecule has 0 aromatic heterocycles. The molecule has 50 heavy (non-hydrogen) atoms. The van der Waals surface area contributed by atoms with Crippen molar-refractivity contribution in [3.63, 3.8) is 0 Å². The van der Waals surface area contributed by atoms with E-state index in [1.165, 1.54) is 0 Å². The first kappa shape index (κ1) is 41.8. The van der Waals surface area contributed by atoms with Crippen LogP contribution in [0.1, 0.15) is 61.3 Å². The molecule has 1 N–H and O–H groups in total. The van der Waals surface area contributed by atoms with Crippen LogP contribution in [0, 0.1) is 0 Å². The lowest BCUT2D eigenvalue weighted by Crippen LogP contribution is -2.67. The van der Waals surface area contributed by atoms with Gasteiger partial charge >= 0.3 is 47.8 Å². The largest absolute Gasteiger partial charge is 0.481 e. The summed E-state index contributed by atoms with van der Waals surface area (Å²) in [7, 11) is 0. The average Bonchev–Trinajstić information content (AvgIpc) is 2.97. The smallest absolute Gasteiger partial charge is 0.303 e. The van der Waals surface area contributed by atoms with Crippen molar-refractivity contribution in [1.82, 2.24) is 0 Å². The Morgan fingerprint density at radius 3 is 1.32 bits per heavy atom. The van der Waals surface area contributed by atoms with Crippen LogP contribution in [0.2, 0.25) is 0 Å². The van der Waals surface area contributed by atoms with Gasteiger partial charge in [0, 0.05) is 54.9 Å². The van der Waals surface area contributed by atoms with Gasteiger partial charge in [0.05, 0.1) is 6.61 Å². The molecule has 0 spiro atoms. The Kier molecular flexibility index (Phi) is 16.5. The molecule has 2 aliphatic heterocycles. The van der Waals surface area contributed by atoms with Crippen LogP contribution in [-0.4, -0.2) is 134 Å². The molecule has 2 saturated heterocycles. The van der Waals surface area contributed by atoms with Gasteiger partial charge in [0.1, 0.15) is 31.5 Å². The minimum atomic E-state index is -1.83. The Hall–Kier alpha value is -4.40. The van der Waals surface area contributed by atoms with Gasteiger partial charge in [-0.25, -0.2) is 0 Å². The van der Waals surface area contributed by atoms with Crippen LogP contribution in [0.4, 0.5) is 0 Å². The summed E-state index contributed by atoms with van der Waals surface area (Å²) in [5.74, 6) is -7.19. The molecule has 0 aromatic carbocycles. The maximum absolute atomic E-state index is 12.4. The first-order chi connectivity index (χ1) is 23.4. The third kappa shape index (κ3) is 13.5. The molecule has 0 amide bonds. The molecule has 0 aliphatic carbocycles. The Morgan fingerprint density at radius 1 is 0.500 bits per heavy atom. The fraction of sp³-hybridized carbons (Fsp3) is 0.733. The molecular weight excluding hydrogens is 680 g/mol. The van der Waals surface area contributed by atoms with Crippen LogP contribution in [0.3, 0.4) is 0 Å². The van der Waals surface area contributed by atoms with Crippen LogP contribution in [0.15, 0.2) is 0 Å². The van der Waals surface area contributed by atoms with Crippen molar-refractivity contribution in [2.75, 3.05) is 19.8 Å². The highest BCUT2D eigenvalue weighted by Crippen LogP contribution is 2.35. The SMILES string of the molecule is CC(=O)OCC1O[C@@H](OCCCC(=O)O)C(OC(C)=O)[C@@H](OC(C)=O)[C@@H]1O[C@@H]1OC(COC(C)=O)[C@H](OC(C)=O)[C@H](OC(C)=O)C1OC(C)=O. The molecule has 20 heteroatoms. The third-order valence-electron chi connectivity index (χ3n) is 6.70. The quantitative estimate of drug-likeness (QED) is 0.119. The van der Waals surface area contributed by atoms with Gasteiger partial charge < -0.3 is 57.2 Å². The third-order valence-corrected chi connectivity index (χ3v) is 6.70. The van der Waals surface area contributed by atoms with Crippen LogP contribution >= 0.6 is 0 Å². The summed E-state index contributed by atoms with van der Waals surface area (Å²) in [4.78, 5) is 95.9. The zero-order chi connectivity index (χ0) is 37.7. The van der Waals surface area contributed by atoms with Crippen molar-refractivity contribution in [2.24, 2.45) is 0 Å². The fourth-order valence-electron chi connectivity index (χ4n) is 5.03. The van der Waals surface area contributed by atoms with Crippen LogP contribution in [-0.2, 0) is 90.5 Å². The normalized spacial score (nSPS) is 29.0. The van der Waals surface area contributed by atoms with Gasteiger partial charge in [0.2, 0.25) is 0 Å². The molecule has 2 heterocycles. The van der Waals surface area contributed by atoms with Crippen molar-refractivity contribution in [1.29, 1.82) is 0 Å². The van der Waals surface area contributed by atoms with Gasteiger partial charge in [-0.05, 0) is 6.42 Å². The predicted molar refractivity (Wildman–Crippen MR) is 156 cm³/mol. The van der Waals surface area contributed by atoms with Crippen molar-refractivity contribution in [3.05, 3.63) is 0 Å². The lowest BCUT2D eigenvalue weighted by Gasteiger charge is -2.48. The van der Waals surface area contributed by atoms with Crippen LogP contribution in [0.5, 0.6) is 0 Å². The molecule has 20 nitrogen and oxygen atoms in total. The highest BCUT2D eigenvalue weighted by Gasteiger charge is 2.57. The van der Waals surface area contributed by atoms with Crippen molar-refractivity contribution < 1.29 is 95.6 Å². The number of hydrogen-bond acceptors (Lipinski definition) is 19. The molecule has 2 rings (SSSR count). The number of carbonyl (C=O) groups is 8. The molecule has 0 radical (unpaired) electrons. The lowest BCUT2D eigenvalue weighted by molar-refractivity contribution is -0.361. The molecule has 0 saturated carbocycles. The Balaban J connectivity index is 2.69. The first-order valence-corrected chi connectivity index (χ1v) is 15.3. The molecule has 10 atom stereocenters. The van der Waals surface area contributed by atoms with Gasteiger partial charge in [-0.2, -0.15) is 0 Å². The second-order valence-electron chi connectivity index (χ2n) is 11.0. The average molecular weight is 723 g/mol. The van der Waals surface area contributed by atoms with E-state index in [-0.39, 0.29) is 19.4 Å². The maximum Gasteiger partial charge on any atom is 0.303 e. The van der Waals surface area contributed by atoms with Crippen LogP contribution < -0.4 is 0 Å². The highest BCUT2D eigenvalue weighted by molar-refractivity contribution is 5.69. The number of rotatable bonds is 16. The summed E-state index contributed by atoms with van der Waals surface area (Å²) < 4.78 is 61.3. The molecular formula is C30H42O20. The Bertz CT molecular complexity index is 1250. The van der Waals surface area contributed by atoms with E-state index in [1.807, 2.05) is 0 Å². The number of ether oxygens (including phenoxy) is 11. The molecule has 4 unspecified atom stereocenters. The van der Waals surface area contributed by atoms with E-state index in [9.17, 15) is 38.4 Å². The van der Waals surface area contributed by atoms with Crippen molar-refractivity contribution >= 4 is 47.8 Å². The van der Waals surface area contributed by atoms with E-state index in [1.54, 1.807) is 0 Å². The molecule has 2 fully saturated rings. The maximum atomic E-state index is 12.4. The zero-order valence-corrected chi connectivity index (χ0v) is 28.5. The van der Waals surface area contributed by atoms with E-state index < -0.39 is 122 Å². The Morgan fingerprint density at radius 2 is 0.880 bits per heavy atom. The minimum absolute atomic E-state index is 0.000499. The summed E-state index contributed by atoms with van der Waals surface area (Å²) in [6.45, 7) is 5.87. The van der Waals surface area contributed by atoms with Gasteiger partial charge in [-0.15, -0.1) is 0 Å². The predicted octanol–water partition coefficient (Wildman–Crippen LogP) is -0.512. The first-order valence-electron chi connectivity index (χ1n) is 15.3. The number of aliphatic carboxylic acids is 1. The zero-order valence-electron chi connectivity index (χ0n) is 28.5. The van der Waals surface area contributed by atoms with E-state index in [0.29, 0.717) is 0 Å². The molecule has 0 bridgehead atoms. The van der Waals surface area contributed by atoms with E-state index in [0.717, 1.165) is 48.5 Å². The van der Waals surface area contributed by atoms with Gasteiger partial charge in [-0.3, -0.25) is 38.4 Å². The number of carboxylic acids is 1. The molecule has 0 aromatic rings. The standard InChI is InChI=1S/C30H42O20/c1-13(31)41-11-20-23(43-15(3)33)25(44-16(4)34)28(47-19(7)37)30(49-20)50-24-21(12-42-14(2)32)48-29(40-10-8-9-22(38)39)27(46-18(6)36)26(24)45-17(5)35/h20-21,23-30H,8-12H2,1-7H3,(H,38,39)/t20?,21?,23-,24+,25-,26-,27?,28?,29+,30-/m0/s1. The number of carbonyl (C=O) groups excluding carboxylic acids is 7. The van der Waals surface area contributed by atoms with Crippen molar-refractivity contribution in [3.8, 4) is 0 Å². The molecule has 282 valence electrons. The number of esters is 7. The summed E-state index contributed by atoms with van der Waals surface area (Å²) in [5, 5.41) is 9.00. The van der Waals surface area contributed by atoms with E-state index >= 15 is 0 Å². The monoisotopic (exact) mass is 722 g/mol.